The molecular weight excluding hydrogens is 288 g/mol. The number of H-pyrrole nitrogens is 1. The van der Waals surface area contributed by atoms with Crippen molar-refractivity contribution >= 4 is 23.2 Å². The average molecular weight is 300 g/mol. The highest BCUT2D eigenvalue weighted by atomic mass is 35.5. The van der Waals surface area contributed by atoms with Crippen molar-refractivity contribution < 1.29 is 4.39 Å². The fourth-order valence-corrected chi connectivity index (χ4v) is 2.46. The fraction of sp³-hybridized carbons (Fsp3) is 0.214. The highest BCUT2D eigenvalue weighted by Gasteiger charge is 2.14. The Morgan fingerprint density at radius 3 is 2.47 bits per heavy atom. The van der Waals surface area contributed by atoms with Crippen molar-refractivity contribution in [2.75, 3.05) is 0 Å². The van der Waals surface area contributed by atoms with E-state index in [0.717, 1.165) is 5.56 Å². The van der Waals surface area contributed by atoms with Crippen molar-refractivity contribution in [1.29, 1.82) is 0 Å². The van der Waals surface area contributed by atoms with Gasteiger partial charge in [0.2, 0.25) is 0 Å². The third-order valence-corrected chi connectivity index (χ3v) is 3.56. The third-order valence-electron chi connectivity index (χ3n) is 2.86. The largest absolute Gasteiger partial charge is 0.327 e. The van der Waals surface area contributed by atoms with E-state index in [1.807, 2.05) is 13.8 Å². The molecule has 0 saturated heterocycles. The smallest absolute Gasteiger partial charge is 0.266 e. The van der Waals surface area contributed by atoms with Crippen LogP contribution >= 0.6 is 23.2 Å². The minimum Gasteiger partial charge on any atom is -0.327 e. The molecule has 0 aliphatic carbocycles. The van der Waals surface area contributed by atoms with Gasteiger partial charge in [-0.15, -0.1) is 0 Å². The van der Waals surface area contributed by atoms with Crippen molar-refractivity contribution in [3.8, 4) is 11.1 Å². The van der Waals surface area contributed by atoms with Crippen molar-refractivity contribution in [3.63, 3.8) is 0 Å². The van der Waals surface area contributed by atoms with Crippen LogP contribution in [0.25, 0.3) is 11.1 Å². The highest BCUT2D eigenvalue weighted by Crippen LogP contribution is 2.35. The average Bonchev–Trinajstić information content (AvgIpc) is 2.35. The quantitative estimate of drug-likeness (QED) is 0.863. The van der Waals surface area contributed by atoms with Gasteiger partial charge in [-0.2, -0.15) is 0 Å². The van der Waals surface area contributed by atoms with Crippen LogP contribution in [0.3, 0.4) is 0 Å². The van der Waals surface area contributed by atoms with Gasteiger partial charge in [0, 0.05) is 17.3 Å². The first-order valence-corrected chi connectivity index (χ1v) is 6.53. The first-order chi connectivity index (χ1) is 8.90. The van der Waals surface area contributed by atoms with Crippen LogP contribution in [0.2, 0.25) is 10.0 Å². The van der Waals surface area contributed by atoms with E-state index >= 15 is 0 Å². The zero-order chi connectivity index (χ0) is 14.2. The Morgan fingerprint density at radius 2 is 1.89 bits per heavy atom. The molecule has 2 nitrogen and oxygen atoms in total. The second-order valence-electron chi connectivity index (χ2n) is 4.58. The Labute approximate surface area is 120 Å². The Bertz CT molecular complexity index is 680. The maximum absolute atomic E-state index is 13.7. The van der Waals surface area contributed by atoms with Crippen LogP contribution in [0.1, 0.15) is 25.3 Å². The molecule has 2 rings (SSSR count). The van der Waals surface area contributed by atoms with Crippen LogP contribution in [0.15, 0.2) is 29.2 Å². The van der Waals surface area contributed by atoms with Gasteiger partial charge in [-0.05, 0) is 29.7 Å². The molecule has 0 aliphatic heterocycles. The van der Waals surface area contributed by atoms with Crippen LogP contribution in [0, 0.1) is 5.82 Å². The molecule has 0 atom stereocenters. The highest BCUT2D eigenvalue weighted by molar-refractivity contribution is 6.34. The standard InChI is InChI=1S/C14H12Cl2FNO/c1-7(2)10-4-9(17)5-11(13(10)16)8-3-12(15)14(19)18-6-8/h3-7H,1-2H3,(H,18,19). The van der Waals surface area contributed by atoms with E-state index < -0.39 is 0 Å². The SMILES string of the molecule is CC(C)c1cc(F)cc(-c2c[nH]c(=O)c(Cl)c2)c1Cl. The molecule has 0 amide bonds. The number of aromatic nitrogens is 1. The Morgan fingerprint density at radius 1 is 1.21 bits per heavy atom. The summed E-state index contributed by atoms with van der Waals surface area (Å²) in [6.07, 6.45) is 1.47. The fourth-order valence-electron chi connectivity index (χ4n) is 1.85. The van der Waals surface area contributed by atoms with Gasteiger partial charge in [0.1, 0.15) is 10.8 Å². The van der Waals surface area contributed by atoms with E-state index in [9.17, 15) is 9.18 Å². The van der Waals surface area contributed by atoms with Crippen LogP contribution in [-0.2, 0) is 0 Å². The predicted octanol–water partition coefficient (Wildman–Crippen LogP) is 4.61. The molecule has 1 aromatic carbocycles. The monoisotopic (exact) mass is 299 g/mol. The Kier molecular flexibility index (Phi) is 3.97. The molecule has 1 heterocycles. The maximum Gasteiger partial charge on any atom is 0.266 e. The number of hydrogen-bond donors (Lipinski definition) is 1. The summed E-state index contributed by atoms with van der Waals surface area (Å²) >= 11 is 12.1. The molecule has 0 radical (unpaired) electrons. The van der Waals surface area contributed by atoms with Gasteiger partial charge in [-0.3, -0.25) is 4.79 Å². The number of benzene rings is 1. The Hall–Kier alpha value is -1.32. The van der Waals surface area contributed by atoms with Crippen molar-refractivity contribution in [2.24, 2.45) is 0 Å². The van der Waals surface area contributed by atoms with Gasteiger partial charge in [-0.25, -0.2) is 4.39 Å². The molecule has 0 fully saturated rings. The summed E-state index contributed by atoms with van der Waals surface area (Å²) in [5.41, 5.74) is 1.43. The molecule has 0 saturated carbocycles. The minimum atomic E-state index is -0.387. The normalized spacial score (nSPS) is 11.1. The summed E-state index contributed by atoms with van der Waals surface area (Å²) in [4.78, 5) is 13.7. The summed E-state index contributed by atoms with van der Waals surface area (Å²) in [7, 11) is 0. The van der Waals surface area contributed by atoms with E-state index in [1.165, 1.54) is 24.4 Å². The lowest BCUT2D eigenvalue weighted by Crippen LogP contribution is -2.05. The van der Waals surface area contributed by atoms with Gasteiger partial charge in [0.15, 0.2) is 0 Å². The molecule has 1 N–H and O–H groups in total. The summed E-state index contributed by atoms with van der Waals surface area (Å²) in [5.74, 6) is -0.273. The number of rotatable bonds is 2. The minimum absolute atomic E-state index is 0.0453. The molecule has 0 bridgehead atoms. The lowest BCUT2D eigenvalue weighted by Gasteiger charge is -2.13. The second kappa shape index (κ2) is 5.35. The molecule has 2 aromatic rings. The van der Waals surface area contributed by atoms with Gasteiger partial charge in [-0.1, -0.05) is 37.0 Å². The first-order valence-electron chi connectivity index (χ1n) is 5.77. The van der Waals surface area contributed by atoms with Crippen molar-refractivity contribution in [3.05, 3.63) is 56.2 Å². The number of pyridine rings is 1. The summed E-state index contributed by atoms with van der Waals surface area (Å²) < 4.78 is 13.7. The van der Waals surface area contributed by atoms with Crippen LogP contribution in [-0.4, -0.2) is 4.98 Å². The molecule has 5 heteroatoms. The van der Waals surface area contributed by atoms with Gasteiger partial charge in [0.05, 0.1) is 5.02 Å². The number of halogens is 3. The van der Waals surface area contributed by atoms with Gasteiger partial charge >= 0.3 is 0 Å². The lowest BCUT2D eigenvalue weighted by atomic mass is 9.97. The maximum atomic E-state index is 13.7. The van der Waals surface area contributed by atoms with Crippen molar-refractivity contribution in [1.82, 2.24) is 4.98 Å². The first kappa shape index (κ1) is 14.1. The second-order valence-corrected chi connectivity index (χ2v) is 5.36. The van der Waals surface area contributed by atoms with Crippen LogP contribution < -0.4 is 5.56 Å². The number of hydrogen-bond acceptors (Lipinski definition) is 1. The van der Waals surface area contributed by atoms with Crippen LogP contribution in [0.4, 0.5) is 4.39 Å². The van der Waals surface area contributed by atoms with E-state index in [1.54, 1.807) is 0 Å². The summed E-state index contributed by atoms with van der Waals surface area (Å²) in [6.45, 7) is 3.87. The Balaban J connectivity index is 2.68. The van der Waals surface area contributed by atoms with Crippen molar-refractivity contribution in [2.45, 2.75) is 19.8 Å². The zero-order valence-corrected chi connectivity index (χ0v) is 11.9. The summed E-state index contributed by atoms with van der Waals surface area (Å²) in [5, 5.41) is 0.517. The molecule has 1 aromatic heterocycles. The summed E-state index contributed by atoms with van der Waals surface area (Å²) in [6, 6.07) is 4.23. The molecule has 100 valence electrons. The van der Waals surface area contributed by atoms with Crippen LogP contribution in [0.5, 0.6) is 0 Å². The molecule has 0 aliphatic rings. The lowest BCUT2D eigenvalue weighted by molar-refractivity contribution is 0.624. The van der Waals surface area contributed by atoms with E-state index in [0.29, 0.717) is 16.1 Å². The van der Waals surface area contributed by atoms with Gasteiger partial charge < -0.3 is 4.98 Å². The predicted molar refractivity (Wildman–Crippen MR) is 76.6 cm³/mol. The zero-order valence-electron chi connectivity index (χ0n) is 10.4. The molecule has 0 spiro atoms. The number of aromatic amines is 1. The van der Waals surface area contributed by atoms with Gasteiger partial charge in [0.25, 0.3) is 5.56 Å². The third kappa shape index (κ3) is 2.82. The number of nitrogens with one attached hydrogen (secondary N) is 1. The van der Waals surface area contributed by atoms with E-state index in [-0.39, 0.29) is 22.3 Å². The molecular formula is C14H12Cl2FNO. The topological polar surface area (TPSA) is 32.9 Å². The molecule has 19 heavy (non-hydrogen) atoms. The van der Waals surface area contributed by atoms with E-state index in [2.05, 4.69) is 4.98 Å². The van der Waals surface area contributed by atoms with E-state index in [4.69, 9.17) is 23.2 Å². The molecule has 0 unspecified atom stereocenters.